The standard InChI is InChI=1S/C9H10ClNO2/c10-7-2-1-6(3-4-11)8(5-7)9(12)13/h1-2,5H,3-4,11H2,(H,12,13). The van der Waals surface area contributed by atoms with Crippen LogP contribution in [0.5, 0.6) is 0 Å². The third-order valence-electron chi connectivity index (χ3n) is 1.72. The molecule has 0 saturated carbocycles. The Morgan fingerprint density at radius 2 is 2.23 bits per heavy atom. The van der Waals surface area contributed by atoms with E-state index < -0.39 is 5.97 Å². The van der Waals surface area contributed by atoms with E-state index in [-0.39, 0.29) is 5.56 Å². The van der Waals surface area contributed by atoms with Gasteiger partial charge in [-0.1, -0.05) is 17.7 Å². The van der Waals surface area contributed by atoms with E-state index in [4.69, 9.17) is 22.4 Å². The van der Waals surface area contributed by atoms with Crippen LogP contribution in [0.15, 0.2) is 18.2 Å². The van der Waals surface area contributed by atoms with Gasteiger partial charge in [-0.15, -0.1) is 0 Å². The third kappa shape index (κ3) is 2.44. The van der Waals surface area contributed by atoms with Crippen LogP contribution in [0.4, 0.5) is 0 Å². The highest BCUT2D eigenvalue weighted by molar-refractivity contribution is 6.30. The van der Waals surface area contributed by atoms with Gasteiger partial charge >= 0.3 is 5.97 Å². The van der Waals surface area contributed by atoms with Crippen LogP contribution in [0, 0.1) is 0 Å². The topological polar surface area (TPSA) is 63.3 Å². The van der Waals surface area contributed by atoms with Gasteiger partial charge in [0.15, 0.2) is 0 Å². The molecule has 0 amide bonds. The van der Waals surface area contributed by atoms with Gasteiger partial charge in [0, 0.05) is 5.02 Å². The summed E-state index contributed by atoms with van der Waals surface area (Å²) in [6, 6.07) is 4.80. The van der Waals surface area contributed by atoms with Gasteiger partial charge in [-0.25, -0.2) is 4.79 Å². The van der Waals surface area contributed by atoms with Crippen molar-refractivity contribution in [2.24, 2.45) is 5.73 Å². The van der Waals surface area contributed by atoms with E-state index in [1.807, 2.05) is 0 Å². The van der Waals surface area contributed by atoms with Crippen LogP contribution in [0.1, 0.15) is 15.9 Å². The average Bonchev–Trinajstić information content (AvgIpc) is 2.08. The van der Waals surface area contributed by atoms with Crippen LogP contribution < -0.4 is 5.73 Å². The Balaban J connectivity index is 3.10. The molecule has 0 fully saturated rings. The van der Waals surface area contributed by atoms with Gasteiger partial charge in [0.25, 0.3) is 0 Å². The Morgan fingerprint density at radius 1 is 1.54 bits per heavy atom. The lowest BCUT2D eigenvalue weighted by molar-refractivity contribution is 0.0695. The molecule has 0 aliphatic carbocycles. The summed E-state index contributed by atoms with van der Waals surface area (Å²) in [6.45, 7) is 0.432. The van der Waals surface area contributed by atoms with E-state index in [2.05, 4.69) is 0 Å². The SMILES string of the molecule is NCCc1ccc(Cl)cc1C(=O)O. The number of benzene rings is 1. The number of carbonyl (C=O) groups is 1. The molecule has 4 heteroatoms. The fourth-order valence-electron chi connectivity index (χ4n) is 1.12. The monoisotopic (exact) mass is 199 g/mol. The van der Waals surface area contributed by atoms with Crippen molar-refractivity contribution in [1.29, 1.82) is 0 Å². The minimum atomic E-state index is -0.967. The molecule has 0 aliphatic heterocycles. The number of carboxylic acids is 1. The second kappa shape index (κ2) is 4.25. The summed E-state index contributed by atoms with van der Waals surface area (Å²) in [5.41, 5.74) is 6.30. The van der Waals surface area contributed by atoms with E-state index in [1.54, 1.807) is 12.1 Å². The van der Waals surface area contributed by atoms with Gasteiger partial charge < -0.3 is 10.8 Å². The van der Waals surface area contributed by atoms with Gasteiger partial charge in [0.05, 0.1) is 5.56 Å². The Kier molecular flexibility index (Phi) is 3.28. The van der Waals surface area contributed by atoms with E-state index in [9.17, 15) is 4.79 Å². The van der Waals surface area contributed by atoms with Crippen LogP contribution in [-0.2, 0) is 6.42 Å². The summed E-state index contributed by atoms with van der Waals surface area (Å²) in [5, 5.41) is 9.25. The predicted octanol–water partition coefficient (Wildman–Crippen LogP) is 1.54. The molecule has 0 aliphatic rings. The Labute approximate surface area is 81.1 Å². The molecule has 13 heavy (non-hydrogen) atoms. The second-order valence-corrected chi connectivity index (χ2v) is 3.08. The van der Waals surface area contributed by atoms with Crippen molar-refractivity contribution < 1.29 is 9.90 Å². The molecule has 0 spiro atoms. The lowest BCUT2D eigenvalue weighted by atomic mass is 10.1. The van der Waals surface area contributed by atoms with Crippen molar-refractivity contribution in [3.63, 3.8) is 0 Å². The highest BCUT2D eigenvalue weighted by Gasteiger charge is 2.09. The predicted molar refractivity (Wildman–Crippen MR) is 51.2 cm³/mol. The van der Waals surface area contributed by atoms with Crippen LogP contribution in [0.3, 0.4) is 0 Å². The maximum Gasteiger partial charge on any atom is 0.336 e. The first-order chi connectivity index (χ1) is 6.15. The summed E-state index contributed by atoms with van der Waals surface area (Å²) in [6.07, 6.45) is 0.554. The smallest absolute Gasteiger partial charge is 0.336 e. The number of rotatable bonds is 3. The van der Waals surface area contributed by atoms with Gasteiger partial charge in [-0.3, -0.25) is 0 Å². The fourth-order valence-corrected chi connectivity index (χ4v) is 1.29. The number of hydrogen-bond acceptors (Lipinski definition) is 2. The lowest BCUT2D eigenvalue weighted by Crippen LogP contribution is -2.08. The summed E-state index contributed by atoms with van der Waals surface area (Å²) in [5.74, 6) is -0.967. The molecule has 3 N–H and O–H groups in total. The normalized spacial score (nSPS) is 10.0. The zero-order valence-electron chi connectivity index (χ0n) is 6.96. The third-order valence-corrected chi connectivity index (χ3v) is 1.95. The number of hydrogen-bond donors (Lipinski definition) is 2. The molecule has 70 valence electrons. The minimum absolute atomic E-state index is 0.234. The van der Waals surface area contributed by atoms with Crippen molar-refractivity contribution in [3.8, 4) is 0 Å². The van der Waals surface area contributed by atoms with Crippen LogP contribution in [0.25, 0.3) is 0 Å². The van der Waals surface area contributed by atoms with E-state index >= 15 is 0 Å². The first kappa shape index (κ1) is 10.0. The zero-order chi connectivity index (χ0) is 9.84. The van der Waals surface area contributed by atoms with Crippen LogP contribution in [-0.4, -0.2) is 17.6 Å². The minimum Gasteiger partial charge on any atom is -0.478 e. The summed E-state index contributed by atoms with van der Waals surface area (Å²) >= 11 is 5.67. The molecule has 0 atom stereocenters. The molecule has 0 radical (unpaired) electrons. The summed E-state index contributed by atoms with van der Waals surface area (Å²) < 4.78 is 0. The van der Waals surface area contributed by atoms with E-state index in [0.29, 0.717) is 18.0 Å². The van der Waals surface area contributed by atoms with Gasteiger partial charge in [0.1, 0.15) is 0 Å². The highest BCUT2D eigenvalue weighted by atomic mass is 35.5. The Hall–Kier alpha value is -1.06. The first-order valence-corrected chi connectivity index (χ1v) is 4.24. The van der Waals surface area contributed by atoms with Crippen LogP contribution >= 0.6 is 11.6 Å². The average molecular weight is 200 g/mol. The lowest BCUT2D eigenvalue weighted by Gasteiger charge is -2.04. The van der Waals surface area contributed by atoms with Crippen LogP contribution in [0.2, 0.25) is 5.02 Å². The van der Waals surface area contributed by atoms with Crippen molar-refractivity contribution >= 4 is 17.6 Å². The number of halogens is 1. The van der Waals surface area contributed by atoms with Crippen molar-refractivity contribution in [2.75, 3.05) is 6.54 Å². The number of nitrogens with two attached hydrogens (primary N) is 1. The Bertz CT molecular complexity index is 325. The molecule has 0 saturated heterocycles. The molecule has 3 nitrogen and oxygen atoms in total. The maximum atomic E-state index is 10.7. The maximum absolute atomic E-state index is 10.7. The molecule has 0 bridgehead atoms. The molecule has 1 aromatic carbocycles. The molecular weight excluding hydrogens is 190 g/mol. The van der Waals surface area contributed by atoms with Gasteiger partial charge in [-0.05, 0) is 30.7 Å². The molecule has 0 unspecified atom stereocenters. The molecule has 0 heterocycles. The van der Waals surface area contributed by atoms with E-state index in [1.165, 1.54) is 6.07 Å². The van der Waals surface area contributed by atoms with Crippen molar-refractivity contribution in [3.05, 3.63) is 34.3 Å². The molecule has 1 rings (SSSR count). The molecule has 1 aromatic rings. The van der Waals surface area contributed by atoms with Gasteiger partial charge in [-0.2, -0.15) is 0 Å². The second-order valence-electron chi connectivity index (χ2n) is 2.65. The van der Waals surface area contributed by atoms with E-state index in [0.717, 1.165) is 5.56 Å². The number of carboxylic acid groups (broad SMARTS) is 1. The fraction of sp³-hybridized carbons (Fsp3) is 0.222. The van der Waals surface area contributed by atoms with Gasteiger partial charge in [0.2, 0.25) is 0 Å². The number of aromatic carboxylic acids is 1. The first-order valence-electron chi connectivity index (χ1n) is 3.87. The summed E-state index contributed by atoms with van der Waals surface area (Å²) in [7, 11) is 0. The zero-order valence-corrected chi connectivity index (χ0v) is 7.71. The largest absolute Gasteiger partial charge is 0.478 e. The summed E-state index contributed by atoms with van der Waals surface area (Å²) in [4.78, 5) is 10.7. The highest BCUT2D eigenvalue weighted by Crippen LogP contribution is 2.16. The molecule has 0 aromatic heterocycles. The Morgan fingerprint density at radius 3 is 2.77 bits per heavy atom. The molecular formula is C9H10ClNO2. The van der Waals surface area contributed by atoms with Crippen molar-refractivity contribution in [2.45, 2.75) is 6.42 Å². The van der Waals surface area contributed by atoms with Crippen molar-refractivity contribution in [1.82, 2.24) is 0 Å². The quantitative estimate of drug-likeness (QED) is 0.776.